The molecule has 0 N–H and O–H groups in total. The molecule has 0 aromatic heterocycles. The zero-order valence-electron chi connectivity index (χ0n) is 16.1. The van der Waals surface area contributed by atoms with Gasteiger partial charge in [-0.3, -0.25) is 14.3 Å². The van der Waals surface area contributed by atoms with E-state index >= 15 is 0 Å². The minimum atomic E-state index is -3.99. The minimum Gasteiger partial charge on any atom is -0.468 e. The van der Waals surface area contributed by atoms with Gasteiger partial charge in [0.1, 0.15) is 6.61 Å². The van der Waals surface area contributed by atoms with Crippen LogP contribution >= 0.6 is 7.60 Å². The van der Waals surface area contributed by atoms with Gasteiger partial charge in [0, 0.05) is 14.2 Å². The second kappa shape index (κ2) is 8.07. The number of rotatable bonds is 6. The molecular formula is C19H24NO7P. The Kier molecular flexibility index (Phi) is 5.93. The van der Waals surface area contributed by atoms with E-state index in [9.17, 15) is 14.2 Å². The van der Waals surface area contributed by atoms with Gasteiger partial charge in [-0.15, -0.1) is 0 Å². The number of nitrogens with zero attached hydrogens (tertiary/aromatic N) is 1. The Hall–Kier alpha value is -2.15. The van der Waals surface area contributed by atoms with Crippen LogP contribution < -0.4 is 0 Å². The van der Waals surface area contributed by atoms with E-state index in [1.54, 1.807) is 6.08 Å². The Morgan fingerprint density at radius 2 is 1.89 bits per heavy atom. The predicted octanol–water partition coefficient (Wildman–Crippen LogP) is 3.30. The molecular weight excluding hydrogens is 385 g/mol. The van der Waals surface area contributed by atoms with Crippen molar-refractivity contribution in [1.29, 1.82) is 0 Å². The molecule has 1 aliphatic carbocycles. The number of ether oxygens (including phenoxy) is 2. The third-order valence-electron chi connectivity index (χ3n) is 5.40. The first-order valence-electron chi connectivity index (χ1n) is 8.92. The van der Waals surface area contributed by atoms with E-state index in [0.717, 1.165) is 5.56 Å². The number of amides is 1. The highest BCUT2D eigenvalue weighted by Crippen LogP contribution is 2.65. The van der Waals surface area contributed by atoms with Crippen molar-refractivity contribution in [3.63, 3.8) is 0 Å². The molecule has 2 aliphatic rings. The van der Waals surface area contributed by atoms with Gasteiger partial charge in [0.15, 0.2) is 5.16 Å². The highest BCUT2D eigenvalue weighted by Gasteiger charge is 2.65. The van der Waals surface area contributed by atoms with E-state index in [1.807, 2.05) is 36.4 Å². The van der Waals surface area contributed by atoms with Crippen molar-refractivity contribution in [2.75, 3.05) is 27.9 Å². The highest BCUT2D eigenvalue weighted by atomic mass is 31.2. The van der Waals surface area contributed by atoms with E-state index in [2.05, 4.69) is 0 Å². The zero-order chi connectivity index (χ0) is 20.4. The average Bonchev–Trinajstić information content (AvgIpc) is 3.14. The van der Waals surface area contributed by atoms with Crippen molar-refractivity contribution in [2.45, 2.75) is 30.1 Å². The van der Waals surface area contributed by atoms with Crippen LogP contribution in [-0.2, 0) is 27.9 Å². The number of benzene rings is 1. The number of methoxy groups -OCH3 is 1. The summed E-state index contributed by atoms with van der Waals surface area (Å²) in [6.45, 7) is 0.120. The van der Waals surface area contributed by atoms with Crippen LogP contribution in [0.3, 0.4) is 0 Å². The van der Waals surface area contributed by atoms with E-state index in [1.165, 1.54) is 26.2 Å². The lowest BCUT2D eigenvalue weighted by molar-refractivity contribution is -0.146. The largest absolute Gasteiger partial charge is 0.468 e. The number of esters is 1. The molecule has 9 heteroatoms. The van der Waals surface area contributed by atoms with Crippen molar-refractivity contribution in [3.8, 4) is 0 Å². The molecule has 1 aromatic carbocycles. The Balaban J connectivity index is 2.16. The predicted molar refractivity (Wildman–Crippen MR) is 101 cm³/mol. The number of carbonyl (C=O) groups excluding carboxylic acids is 2. The van der Waals surface area contributed by atoms with E-state index < -0.39 is 36.9 Å². The molecule has 1 heterocycles. The molecule has 1 fully saturated rings. The Labute approximate surface area is 163 Å². The normalized spacial score (nSPS) is 27.5. The molecule has 152 valence electrons. The smallest absolute Gasteiger partial charge is 0.411 e. The molecule has 0 unspecified atom stereocenters. The lowest BCUT2D eigenvalue weighted by Gasteiger charge is -2.45. The van der Waals surface area contributed by atoms with Crippen LogP contribution in [0.4, 0.5) is 4.79 Å². The highest BCUT2D eigenvalue weighted by molar-refractivity contribution is 7.57. The first kappa shape index (κ1) is 20.6. The van der Waals surface area contributed by atoms with Crippen LogP contribution in [0.2, 0.25) is 0 Å². The van der Waals surface area contributed by atoms with E-state index in [0.29, 0.717) is 6.42 Å². The van der Waals surface area contributed by atoms with Gasteiger partial charge in [0.2, 0.25) is 0 Å². The fraction of sp³-hybridized carbons (Fsp3) is 0.474. The van der Waals surface area contributed by atoms with Gasteiger partial charge in [0.05, 0.1) is 19.2 Å². The summed E-state index contributed by atoms with van der Waals surface area (Å²) in [6, 6.07) is 7.96. The molecule has 3 rings (SSSR count). The molecule has 1 aliphatic heterocycles. The number of cyclic esters (lactones) is 1. The fourth-order valence-electron chi connectivity index (χ4n) is 4.04. The molecule has 0 saturated carbocycles. The van der Waals surface area contributed by atoms with E-state index in [4.69, 9.17) is 18.5 Å². The molecule has 1 saturated heterocycles. The molecule has 1 amide bonds. The van der Waals surface area contributed by atoms with Crippen LogP contribution in [0.1, 0.15) is 24.4 Å². The lowest BCUT2D eigenvalue weighted by atomic mass is 9.86. The first-order valence-corrected chi connectivity index (χ1v) is 10.5. The maximum Gasteiger partial charge on any atom is 0.411 e. The van der Waals surface area contributed by atoms with Crippen molar-refractivity contribution in [1.82, 2.24) is 4.90 Å². The zero-order valence-corrected chi connectivity index (χ0v) is 17.0. The van der Waals surface area contributed by atoms with Gasteiger partial charge in [-0.2, -0.15) is 0 Å². The van der Waals surface area contributed by atoms with E-state index in [-0.39, 0.29) is 13.0 Å². The van der Waals surface area contributed by atoms with Gasteiger partial charge < -0.3 is 18.5 Å². The second-order valence-corrected chi connectivity index (χ2v) is 9.12. The van der Waals surface area contributed by atoms with Gasteiger partial charge in [-0.05, 0) is 18.4 Å². The van der Waals surface area contributed by atoms with Crippen molar-refractivity contribution < 1.29 is 32.7 Å². The van der Waals surface area contributed by atoms with Crippen molar-refractivity contribution in [3.05, 3.63) is 48.0 Å². The summed E-state index contributed by atoms with van der Waals surface area (Å²) < 4.78 is 34.4. The van der Waals surface area contributed by atoms with Crippen molar-refractivity contribution >= 4 is 19.7 Å². The molecule has 1 aromatic rings. The minimum absolute atomic E-state index is 0.120. The Morgan fingerprint density at radius 1 is 1.21 bits per heavy atom. The molecule has 0 spiro atoms. The maximum absolute atomic E-state index is 13.6. The molecule has 8 nitrogen and oxygen atoms in total. The molecule has 28 heavy (non-hydrogen) atoms. The number of hydrogen-bond donors (Lipinski definition) is 0. The standard InChI is InChI=1S/C19H24NO7P/c1-24-17(21)19(28(23,25-2)26-3)12-8-7-11-16(19)20-15(13-27-18(20)22)14-9-5-4-6-10-14/h4-7,9-11,15-16H,8,12-13H2,1-3H3/t15-,16+,19-/m0/s1. The van der Waals surface area contributed by atoms with Crippen LogP contribution in [0.5, 0.6) is 0 Å². The third-order valence-corrected chi connectivity index (χ3v) is 8.01. The lowest BCUT2D eigenvalue weighted by Crippen LogP contribution is -2.58. The topological polar surface area (TPSA) is 91.4 Å². The average molecular weight is 409 g/mol. The summed E-state index contributed by atoms with van der Waals surface area (Å²) in [4.78, 5) is 27.1. The van der Waals surface area contributed by atoms with Crippen LogP contribution in [0.15, 0.2) is 42.5 Å². The monoisotopic (exact) mass is 409 g/mol. The summed E-state index contributed by atoms with van der Waals surface area (Å²) in [6.07, 6.45) is 3.53. The quantitative estimate of drug-likeness (QED) is 0.404. The van der Waals surface area contributed by atoms with Gasteiger partial charge in [0.25, 0.3) is 0 Å². The number of carbonyl (C=O) groups is 2. The van der Waals surface area contributed by atoms with Gasteiger partial charge >= 0.3 is 19.7 Å². The van der Waals surface area contributed by atoms with Gasteiger partial charge in [-0.25, -0.2) is 4.79 Å². The van der Waals surface area contributed by atoms with Gasteiger partial charge in [-0.1, -0.05) is 42.5 Å². The molecule has 3 atom stereocenters. The summed E-state index contributed by atoms with van der Waals surface area (Å²) in [5.41, 5.74) is 0.843. The summed E-state index contributed by atoms with van der Waals surface area (Å²) in [5.74, 6) is -0.750. The first-order chi connectivity index (χ1) is 13.4. The molecule has 0 bridgehead atoms. The maximum atomic E-state index is 13.6. The summed E-state index contributed by atoms with van der Waals surface area (Å²) in [5, 5.41) is -1.70. The number of hydrogen-bond acceptors (Lipinski definition) is 7. The van der Waals surface area contributed by atoms with Crippen LogP contribution in [0.25, 0.3) is 0 Å². The van der Waals surface area contributed by atoms with Crippen LogP contribution in [-0.4, -0.2) is 56.1 Å². The van der Waals surface area contributed by atoms with Crippen LogP contribution in [0, 0.1) is 0 Å². The van der Waals surface area contributed by atoms with Crippen molar-refractivity contribution in [2.24, 2.45) is 0 Å². The summed E-state index contributed by atoms with van der Waals surface area (Å²) >= 11 is 0. The summed E-state index contributed by atoms with van der Waals surface area (Å²) in [7, 11) is -0.327. The second-order valence-electron chi connectivity index (χ2n) is 6.60. The Morgan fingerprint density at radius 3 is 2.50 bits per heavy atom. The third kappa shape index (κ3) is 3.05. The fourth-order valence-corrected chi connectivity index (χ4v) is 6.09. The SMILES string of the molecule is COC(=O)[C@]1(P(=O)(OC)OC)CCC=C[C@H]1N1C(=O)OC[C@H]1c1ccccc1. The Bertz CT molecular complexity index is 804. The number of allylic oxidation sites excluding steroid dienone is 1. The molecule has 0 radical (unpaired) electrons.